The van der Waals surface area contributed by atoms with Crippen LogP contribution in [0.15, 0.2) is 12.3 Å². The van der Waals surface area contributed by atoms with Gasteiger partial charge in [0.2, 0.25) is 0 Å². The fourth-order valence-corrected chi connectivity index (χ4v) is 1.77. The molecule has 1 rings (SSSR count). The highest BCUT2D eigenvalue weighted by Gasteiger charge is 2.24. The van der Waals surface area contributed by atoms with Gasteiger partial charge in [-0.2, -0.15) is 10.2 Å². The molecule has 3 heteroatoms. The molecule has 1 atom stereocenters. The average molecular weight is 290 g/mol. The second kappa shape index (κ2) is 3.90. The highest BCUT2D eigenvalue weighted by molar-refractivity contribution is 14.1. The zero-order valence-corrected chi connectivity index (χ0v) is 10.7. The van der Waals surface area contributed by atoms with E-state index in [1.54, 1.807) is 6.20 Å². The minimum atomic E-state index is 0.246. The molecule has 72 valence electrons. The first-order chi connectivity index (χ1) is 5.93. The van der Waals surface area contributed by atoms with Crippen molar-refractivity contribution in [2.24, 2.45) is 5.41 Å². The second-order valence-corrected chi connectivity index (χ2v) is 5.51. The van der Waals surface area contributed by atoms with Crippen LogP contribution in [0.4, 0.5) is 0 Å². The highest BCUT2D eigenvalue weighted by Crippen LogP contribution is 2.34. The topological polar surface area (TPSA) is 25.8 Å². The molecule has 0 saturated carbocycles. The molecule has 0 aliphatic carbocycles. The van der Waals surface area contributed by atoms with E-state index in [0.29, 0.717) is 5.92 Å². The molecule has 1 unspecified atom stereocenters. The molecule has 0 spiro atoms. The number of aromatic nitrogens is 2. The second-order valence-electron chi connectivity index (χ2n) is 4.35. The van der Waals surface area contributed by atoms with E-state index >= 15 is 0 Å². The minimum absolute atomic E-state index is 0.246. The Balaban J connectivity index is 3.02. The first kappa shape index (κ1) is 10.9. The standard InChI is InChI=1S/C10H15IN2/c1-7(10(2,3)4)9-8(11)5-6-12-13-9/h5-7H,1-4H3. The SMILES string of the molecule is CC(c1nnccc1I)C(C)(C)C. The van der Waals surface area contributed by atoms with Crippen LogP contribution >= 0.6 is 22.6 Å². The minimum Gasteiger partial charge on any atom is -0.159 e. The monoisotopic (exact) mass is 290 g/mol. The third kappa shape index (κ3) is 2.62. The Morgan fingerprint density at radius 1 is 1.38 bits per heavy atom. The third-order valence-electron chi connectivity index (χ3n) is 2.41. The van der Waals surface area contributed by atoms with Crippen LogP contribution in [0, 0.1) is 8.99 Å². The molecular formula is C10H15IN2. The fraction of sp³-hybridized carbons (Fsp3) is 0.600. The molecule has 0 aliphatic heterocycles. The smallest absolute Gasteiger partial charge is 0.0797 e. The van der Waals surface area contributed by atoms with E-state index in [4.69, 9.17) is 0 Å². The Bertz CT molecular complexity index is 291. The zero-order chi connectivity index (χ0) is 10.1. The first-order valence-corrected chi connectivity index (χ1v) is 5.48. The predicted molar refractivity (Wildman–Crippen MR) is 62.6 cm³/mol. The summed E-state index contributed by atoms with van der Waals surface area (Å²) in [5.74, 6) is 0.438. The van der Waals surface area contributed by atoms with E-state index < -0.39 is 0 Å². The molecule has 1 aromatic rings. The lowest BCUT2D eigenvalue weighted by Crippen LogP contribution is -2.18. The van der Waals surface area contributed by atoms with Crippen molar-refractivity contribution in [3.8, 4) is 0 Å². The fourth-order valence-electron chi connectivity index (χ4n) is 1.03. The summed E-state index contributed by atoms with van der Waals surface area (Å²) in [6.07, 6.45) is 1.74. The van der Waals surface area contributed by atoms with Crippen molar-refractivity contribution in [1.29, 1.82) is 0 Å². The van der Waals surface area contributed by atoms with Crippen LogP contribution in [0.2, 0.25) is 0 Å². The first-order valence-electron chi connectivity index (χ1n) is 4.40. The lowest BCUT2D eigenvalue weighted by Gasteiger charge is -2.26. The highest BCUT2D eigenvalue weighted by atomic mass is 127. The Kier molecular flexibility index (Phi) is 3.27. The van der Waals surface area contributed by atoms with E-state index in [1.165, 1.54) is 3.57 Å². The summed E-state index contributed by atoms with van der Waals surface area (Å²) >= 11 is 2.31. The van der Waals surface area contributed by atoms with Gasteiger partial charge in [0.05, 0.1) is 11.9 Å². The zero-order valence-electron chi connectivity index (χ0n) is 8.50. The summed E-state index contributed by atoms with van der Waals surface area (Å²) in [5, 5.41) is 8.11. The Labute approximate surface area is 93.3 Å². The number of nitrogens with zero attached hydrogens (tertiary/aromatic N) is 2. The molecule has 0 aliphatic rings. The number of halogens is 1. The van der Waals surface area contributed by atoms with Crippen LogP contribution in [-0.2, 0) is 0 Å². The maximum absolute atomic E-state index is 4.19. The third-order valence-corrected chi connectivity index (χ3v) is 3.32. The molecule has 2 nitrogen and oxygen atoms in total. The lowest BCUT2D eigenvalue weighted by molar-refractivity contribution is 0.331. The van der Waals surface area contributed by atoms with E-state index in [0.717, 1.165) is 5.69 Å². The van der Waals surface area contributed by atoms with Crippen molar-refractivity contribution in [2.45, 2.75) is 33.6 Å². The van der Waals surface area contributed by atoms with Gasteiger partial charge >= 0.3 is 0 Å². The molecule has 0 radical (unpaired) electrons. The van der Waals surface area contributed by atoms with Gasteiger partial charge in [-0.05, 0) is 34.1 Å². The summed E-state index contributed by atoms with van der Waals surface area (Å²) in [6.45, 7) is 8.87. The molecule has 0 aromatic carbocycles. The van der Waals surface area contributed by atoms with E-state index in [1.807, 2.05) is 6.07 Å². The van der Waals surface area contributed by atoms with Crippen molar-refractivity contribution in [3.63, 3.8) is 0 Å². The van der Waals surface area contributed by atoms with Gasteiger partial charge in [-0.15, -0.1) is 0 Å². The molecule has 0 fully saturated rings. The van der Waals surface area contributed by atoms with Crippen molar-refractivity contribution < 1.29 is 0 Å². The molecule has 13 heavy (non-hydrogen) atoms. The Morgan fingerprint density at radius 3 is 2.46 bits per heavy atom. The largest absolute Gasteiger partial charge is 0.159 e. The predicted octanol–water partition coefficient (Wildman–Crippen LogP) is 3.23. The van der Waals surface area contributed by atoms with Crippen LogP contribution in [0.3, 0.4) is 0 Å². The van der Waals surface area contributed by atoms with Gasteiger partial charge in [0.15, 0.2) is 0 Å². The molecule has 0 N–H and O–H groups in total. The molecule has 1 heterocycles. The summed E-state index contributed by atoms with van der Waals surface area (Å²) in [4.78, 5) is 0. The molecule has 0 saturated heterocycles. The van der Waals surface area contributed by atoms with Crippen molar-refractivity contribution in [2.75, 3.05) is 0 Å². The van der Waals surface area contributed by atoms with Gasteiger partial charge in [0, 0.05) is 9.49 Å². The van der Waals surface area contributed by atoms with Crippen molar-refractivity contribution in [3.05, 3.63) is 21.5 Å². The number of hydrogen-bond donors (Lipinski definition) is 0. The van der Waals surface area contributed by atoms with Gasteiger partial charge in [-0.25, -0.2) is 0 Å². The number of hydrogen-bond acceptors (Lipinski definition) is 2. The Morgan fingerprint density at radius 2 is 2.00 bits per heavy atom. The normalized spacial score (nSPS) is 14.2. The van der Waals surface area contributed by atoms with Gasteiger partial charge in [-0.1, -0.05) is 27.7 Å². The van der Waals surface area contributed by atoms with Crippen molar-refractivity contribution in [1.82, 2.24) is 10.2 Å². The summed E-state index contributed by atoms with van der Waals surface area (Å²) in [5.41, 5.74) is 1.35. The maximum atomic E-state index is 4.19. The van der Waals surface area contributed by atoms with Crippen LogP contribution in [0.5, 0.6) is 0 Å². The van der Waals surface area contributed by atoms with Gasteiger partial charge in [0.1, 0.15) is 0 Å². The quantitative estimate of drug-likeness (QED) is 0.742. The van der Waals surface area contributed by atoms with Gasteiger partial charge in [-0.3, -0.25) is 0 Å². The van der Waals surface area contributed by atoms with Crippen LogP contribution < -0.4 is 0 Å². The lowest BCUT2D eigenvalue weighted by atomic mass is 9.80. The van der Waals surface area contributed by atoms with Crippen LogP contribution in [0.25, 0.3) is 0 Å². The van der Waals surface area contributed by atoms with Gasteiger partial charge in [0.25, 0.3) is 0 Å². The molecule has 0 bridgehead atoms. The maximum Gasteiger partial charge on any atom is 0.0797 e. The molecule has 1 aromatic heterocycles. The van der Waals surface area contributed by atoms with E-state index in [-0.39, 0.29) is 5.41 Å². The summed E-state index contributed by atoms with van der Waals surface area (Å²) < 4.78 is 1.20. The van der Waals surface area contributed by atoms with Crippen molar-refractivity contribution >= 4 is 22.6 Å². The van der Waals surface area contributed by atoms with Crippen LogP contribution in [0.1, 0.15) is 39.3 Å². The Hall–Kier alpha value is -0.190. The average Bonchev–Trinajstić information content (AvgIpc) is 2.02. The van der Waals surface area contributed by atoms with Gasteiger partial charge < -0.3 is 0 Å². The van der Waals surface area contributed by atoms with E-state index in [9.17, 15) is 0 Å². The van der Waals surface area contributed by atoms with E-state index in [2.05, 4.69) is 60.5 Å². The summed E-state index contributed by atoms with van der Waals surface area (Å²) in [7, 11) is 0. The number of rotatable bonds is 1. The molecular weight excluding hydrogens is 275 g/mol. The molecule has 0 amide bonds. The van der Waals surface area contributed by atoms with Crippen LogP contribution in [-0.4, -0.2) is 10.2 Å². The summed E-state index contributed by atoms with van der Waals surface area (Å²) in [6, 6.07) is 2.01.